The molecule has 0 saturated carbocycles. The molecule has 4 heteroatoms. The lowest BCUT2D eigenvalue weighted by Crippen LogP contribution is -2.35. The Labute approximate surface area is 64.5 Å². The van der Waals surface area contributed by atoms with Gasteiger partial charge in [0.05, 0.1) is 0 Å². The number of amides is 2. The molecule has 0 unspecified atom stereocenters. The maximum atomic E-state index is 11.1. The molecule has 2 aliphatic rings. The van der Waals surface area contributed by atoms with E-state index in [0.29, 0.717) is 6.42 Å². The highest BCUT2D eigenvalue weighted by Crippen LogP contribution is 2.24. The zero-order chi connectivity index (χ0) is 8.01. The number of carbonyl (C=O) groups excluding carboxylic acids is 2. The fraction of sp³-hybridized carbons (Fsp3) is 0.714. The first kappa shape index (κ1) is 6.64. The Bertz CT molecular complexity index is 226. The zero-order valence-electron chi connectivity index (χ0n) is 6.33. The van der Waals surface area contributed by atoms with E-state index in [1.165, 1.54) is 0 Å². The number of hydrogen-bond donors (Lipinski definition) is 1. The summed E-state index contributed by atoms with van der Waals surface area (Å²) in [7, 11) is 0. The lowest BCUT2D eigenvalue weighted by Gasteiger charge is -2.16. The summed E-state index contributed by atoms with van der Waals surface area (Å²) in [6, 6.07) is -0.255. The van der Waals surface area contributed by atoms with Gasteiger partial charge in [0.15, 0.2) is 0 Å². The van der Waals surface area contributed by atoms with Gasteiger partial charge < -0.3 is 10.2 Å². The average molecular weight is 154 g/mol. The van der Waals surface area contributed by atoms with Gasteiger partial charge in [-0.2, -0.15) is 0 Å². The van der Waals surface area contributed by atoms with Crippen molar-refractivity contribution in [1.82, 2.24) is 10.2 Å². The molecule has 2 amide bonds. The van der Waals surface area contributed by atoms with Gasteiger partial charge in [-0.25, -0.2) is 0 Å². The van der Waals surface area contributed by atoms with Gasteiger partial charge in [-0.05, 0) is 13.3 Å². The van der Waals surface area contributed by atoms with E-state index in [1.54, 1.807) is 11.8 Å². The summed E-state index contributed by atoms with van der Waals surface area (Å²) in [4.78, 5) is 23.8. The third-order valence-electron chi connectivity index (χ3n) is 2.36. The standard InChI is InChI=1S/C7H10N2O2/c1-4-7(11)8-5-2-3-6(10)9(4)5/h4-5H,2-3H2,1H3,(H,8,11)/t4-,5-/m0/s1. The van der Waals surface area contributed by atoms with Crippen molar-refractivity contribution in [2.45, 2.75) is 32.0 Å². The highest BCUT2D eigenvalue weighted by atomic mass is 16.2. The number of nitrogens with one attached hydrogen (secondary N) is 1. The molecule has 2 atom stereocenters. The monoisotopic (exact) mass is 154 g/mol. The fourth-order valence-corrected chi connectivity index (χ4v) is 1.74. The van der Waals surface area contributed by atoms with E-state index in [1.807, 2.05) is 0 Å². The molecule has 0 aromatic carbocycles. The summed E-state index contributed by atoms with van der Waals surface area (Å²) in [5.41, 5.74) is 0. The molecule has 11 heavy (non-hydrogen) atoms. The fourth-order valence-electron chi connectivity index (χ4n) is 1.74. The minimum absolute atomic E-state index is 0.00926. The molecule has 2 aliphatic heterocycles. The summed E-state index contributed by atoms with van der Waals surface area (Å²) in [5, 5.41) is 2.76. The van der Waals surface area contributed by atoms with Crippen LogP contribution in [0.3, 0.4) is 0 Å². The van der Waals surface area contributed by atoms with Gasteiger partial charge in [0.25, 0.3) is 0 Å². The second-order valence-corrected chi connectivity index (χ2v) is 3.04. The molecular weight excluding hydrogens is 144 g/mol. The number of fused-ring (bicyclic) bond motifs is 1. The quantitative estimate of drug-likeness (QED) is 0.509. The van der Waals surface area contributed by atoms with Crippen molar-refractivity contribution >= 4 is 11.8 Å². The minimum atomic E-state index is -0.255. The van der Waals surface area contributed by atoms with Crippen LogP contribution in [0.25, 0.3) is 0 Å². The molecule has 0 aliphatic carbocycles. The third kappa shape index (κ3) is 0.751. The Morgan fingerprint density at radius 1 is 1.55 bits per heavy atom. The highest BCUT2D eigenvalue weighted by molar-refractivity contribution is 5.92. The summed E-state index contributed by atoms with van der Waals surface area (Å²) in [6.07, 6.45) is 1.34. The Morgan fingerprint density at radius 3 is 2.91 bits per heavy atom. The van der Waals surface area contributed by atoms with Crippen LogP contribution in [0.4, 0.5) is 0 Å². The molecule has 2 heterocycles. The Kier molecular flexibility index (Phi) is 1.19. The molecule has 2 rings (SSSR count). The second kappa shape index (κ2) is 1.96. The molecule has 2 saturated heterocycles. The normalized spacial score (nSPS) is 35.9. The molecule has 0 aromatic heterocycles. The van der Waals surface area contributed by atoms with Crippen LogP contribution in [-0.2, 0) is 9.59 Å². The smallest absolute Gasteiger partial charge is 0.244 e. The first-order valence-corrected chi connectivity index (χ1v) is 3.81. The van der Waals surface area contributed by atoms with Crippen molar-refractivity contribution in [2.24, 2.45) is 0 Å². The summed E-state index contributed by atoms with van der Waals surface area (Å²) < 4.78 is 0. The van der Waals surface area contributed by atoms with Crippen LogP contribution in [-0.4, -0.2) is 28.9 Å². The van der Waals surface area contributed by atoms with Crippen molar-refractivity contribution in [3.05, 3.63) is 0 Å². The molecule has 2 fully saturated rings. The maximum absolute atomic E-state index is 11.1. The van der Waals surface area contributed by atoms with E-state index in [-0.39, 0.29) is 24.0 Å². The van der Waals surface area contributed by atoms with Gasteiger partial charge in [-0.15, -0.1) is 0 Å². The van der Waals surface area contributed by atoms with Crippen molar-refractivity contribution in [1.29, 1.82) is 0 Å². The predicted octanol–water partition coefficient (Wildman–Crippen LogP) is -0.547. The Morgan fingerprint density at radius 2 is 2.27 bits per heavy atom. The number of nitrogens with zero attached hydrogens (tertiary/aromatic N) is 1. The molecule has 0 aromatic rings. The van der Waals surface area contributed by atoms with E-state index in [0.717, 1.165) is 6.42 Å². The van der Waals surface area contributed by atoms with Crippen molar-refractivity contribution in [2.75, 3.05) is 0 Å². The first-order chi connectivity index (χ1) is 5.20. The summed E-state index contributed by atoms with van der Waals surface area (Å²) in [5.74, 6) is 0.0731. The van der Waals surface area contributed by atoms with Crippen molar-refractivity contribution in [3.8, 4) is 0 Å². The molecule has 1 N–H and O–H groups in total. The van der Waals surface area contributed by atoms with Gasteiger partial charge in [-0.3, -0.25) is 9.59 Å². The van der Waals surface area contributed by atoms with Crippen LogP contribution < -0.4 is 5.32 Å². The van der Waals surface area contributed by atoms with Crippen LogP contribution in [0, 0.1) is 0 Å². The molecule has 60 valence electrons. The summed E-state index contributed by atoms with van der Waals surface area (Å²) in [6.45, 7) is 1.76. The number of rotatable bonds is 0. The minimum Gasteiger partial charge on any atom is -0.334 e. The van der Waals surface area contributed by atoms with Gasteiger partial charge in [0, 0.05) is 6.42 Å². The molecule has 0 bridgehead atoms. The van der Waals surface area contributed by atoms with E-state index < -0.39 is 0 Å². The number of hydrogen-bond acceptors (Lipinski definition) is 2. The Balaban J connectivity index is 2.26. The van der Waals surface area contributed by atoms with Crippen LogP contribution >= 0.6 is 0 Å². The highest BCUT2D eigenvalue weighted by Gasteiger charge is 2.43. The predicted molar refractivity (Wildman–Crippen MR) is 37.5 cm³/mol. The second-order valence-electron chi connectivity index (χ2n) is 3.04. The lowest BCUT2D eigenvalue weighted by molar-refractivity contribution is -0.132. The van der Waals surface area contributed by atoms with E-state index in [2.05, 4.69) is 5.32 Å². The largest absolute Gasteiger partial charge is 0.334 e. The van der Waals surface area contributed by atoms with Crippen LogP contribution in [0.1, 0.15) is 19.8 Å². The zero-order valence-corrected chi connectivity index (χ0v) is 6.33. The van der Waals surface area contributed by atoms with Crippen LogP contribution in [0.15, 0.2) is 0 Å². The van der Waals surface area contributed by atoms with Gasteiger partial charge in [0.1, 0.15) is 12.2 Å². The van der Waals surface area contributed by atoms with Gasteiger partial charge in [-0.1, -0.05) is 0 Å². The molecule has 0 radical (unpaired) electrons. The van der Waals surface area contributed by atoms with Gasteiger partial charge >= 0.3 is 0 Å². The van der Waals surface area contributed by atoms with Crippen LogP contribution in [0.2, 0.25) is 0 Å². The number of carbonyl (C=O) groups is 2. The topological polar surface area (TPSA) is 49.4 Å². The molecule has 0 spiro atoms. The van der Waals surface area contributed by atoms with Gasteiger partial charge in [0.2, 0.25) is 11.8 Å². The molecular formula is C7H10N2O2. The maximum Gasteiger partial charge on any atom is 0.244 e. The van der Waals surface area contributed by atoms with E-state index in [9.17, 15) is 9.59 Å². The van der Waals surface area contributed by atoms with E-state index in [4.69, 9.17) is 0 Å². The van der Waals surface area contributed by atoms with Crippen molar-refractivity contribution in [3.63, 3.8) is 0 Å². The molecule has 4 nitrogen and oxygen atoms in total. The lowest BCUT2D eigenvalue weighted by atomic mass is 10.3. The first-order valence-electron chi connectivity index (χ1n) is 3.81. The summed E-state index contributed by atoms with van der Waals surface area (Å²) >= 11 is 0. The SMILES string of the molecule is C[C@H]1C(=O)N[C@@H]2CCC(=O)N21. The van der Waals surface area contributed by atoms with Crippen molar-refractivity contribution < 1.29 is 9.59 Å². The Hall–Kier alpha value is -1.06. The van der Waals surface area contributed by atoms with Crippen LogP contribution in [0.5, 0.6) is 0 Å². The average Bonchev–Trinajstić information content (AvgIpc) is 2.41. The third-order valence-corrected chi connectivity index (χ3v) is 2.36. The van der Waals surface area contributed by atoms with E-state index >= 15 is 0 Å².